The first-order valence-corrected chi connectivity index (χ1v) is 52.2. The Morgan fingerprint density at radius 3 is 1.14 bits per heavy atom. The van der Waals surface area contributed by atoms with Gasteiger partial charge in [0.25, 0.3) is 0 Å². The van der Waals surface area contributed by atoms with Gasteiger partial charge in [-0.15, -0.1) is 0 Å². The Balaban J connectivity index is 0.000000106. The van der Waals surface area contributed by atoms with Crippen molar-refractivity contribution in [3.63, 3.8) is 0 Å². The van der Waals surface area contributed by atoms with Crippen molar-refractivity contribution in [3.8, 4) is 125 Å². The highest BCUT2D eigenvalue weighted by Gasteiger charge is 2.56. The molecule has 5 aromatic heterocycles. The third-order valence-electron chi connectivity index (χ3n) is 29.6. The summed E-state index contributed by atoms with van der Waals surface area (Å²) in [6.07, 6.45) is 18.6. The van der Waals surface area contributed by atoms with Crippen LogP contribution >= 0.6 is 0 Å². The highest BCUT2D eigenvalue weighted by atomic mass is 32.2. The largest absolute Gasteiger partial charge is 0.493 e. The Bertz CT molecular complexity index is 7860. The van der Waals surface area contributed by atoms with Crippen LogP contribution < -0.4 is 62.1 Å². The van der Waals surface area contributed by atoms with Gasteiger partial charge in [-0.05, 0) is 260 Å². The van der Waals surface area contributed by atoms with Crippen LogP contribution in [-0.4, -0.2) is 114 Å². The lowest BCUT2D eigenvalue weighted by Gasteiger charge is -2.16. The van der Waals surface area contributed by atoms with Gasteiger partial charge >= 0.3 is 0 Å². The molecule has 10 aromatic carbocycles. The van der Waals surface area contributed by atoms with E-state index in [9.17, 15) is 32.4 Å². The summed E-state index contributed by atoms with van der Waals surface area (Å²) in [6, 6.07) is 89.1. The average Bonchev–Trinajstić information content (AvgIpc) is 1.61. The quantitative estimate of drug-likeness (QED) is 0.0440. The van der Waals surface area contributed by atoms with Crippen LogP contribution in [-0.2, 0) is 99.6 Å². The van der Waals surface area contributed by atoms with Crippen LogP contribution in [0, 0.1) is 17.2 Å². The van der Waals surface area contributed by atoms with Crippen molar-refractivity contribution >= 4 is 44.9 Å². The van der Waals surface area contributed by atoms with E-state index in [0.29, 0.717) is 77.5 Å². The second-order valence-corrected chi connectivity index (χ2v) is 41.6. The molecule has 27 nitrogen and oxygen atoms in total. The average molecular weight is 2020 g/mol. The van der Waals surface area contributed by atoms with Crippen LogP contribution in [0.15, 0.2) is 303 Å². The van der Waals surface area contributed by atoms with Crippen LogP contribution in [0.25, 0.3) is 56.0 Å². The minimum absolute atomic E-state index is 0.0686. The molecule has 5 aliphatic carbocycles. The smallest absolute Gasteiger partial charge is 0.240 e. The van der Waals surface area contributed by atoms with Crippen molar-refractivity contribution in [2.24, 2.45) is 5.92 Å². The van der Waals surface area contributed by atoms with E-state index in [1.165, 1.54) is 11.1 Å². The van der Waals surface area contributed by atoms with Gasteiger partial charge < -0.3 is 57.4 Å². The monoisotopic (exact) mass is 2020 g/mol. The molecular formula is C122H107N9O18S. The second-order valence-electron chi connectivity index (χ2n) is 39.8. The van der Waals surface area contributed by atoms with Crippen LogP contribution in [0.2, 0.25) is 0 Å². The minimum atomic E-state index is -3.50. The summed E-state index contributed by atoms with van der Waals surface area (Å²) < 4.78 is 86.7. The van der Waals surface area contributed by atoms with E-state index < -0.39 is 37.1 Å². The highest BCUT2D eigenvalue weighted by Crippen LogP contribution is 2.57. The number of carbonyl (C=O) groups excluding carboxylic acids is 5. The molecule has 0 spiro atoms. The first-order valence-electron chi connectivity index (χ1n) is 50.7. The fourth-order valence-corrected chi connectivity index (χ4v) is 21.3. The van der Waals surface area contributed by atoms with E-state index in [4.69, 9.17) is 62.4 Å². The number of benzene rings is 10. The normalized spacial score (nSPS) is 16.1. The molecule has 0 unspecified atom stereocenters. The van der Waals surface area contributed by atoms with Crippen molar-refractivity contribution in [2.45, 2.75) is 155 Å². The molecule has 0 bridgehead atoms. The van der Waals surface area contributed by atoms with E-state index in [2.05, 4.69) is 91.3 Å². The van der Waals surface area contributed by atoms with Crippen LogP contribution in [0.3, 0.4) is 0 Å². The Morgan fingerprint density at radius 2 is 0.733 bits per heavy atom. The molecule has 0 saturated heterocycles. The SMILES string of the molecule is CC(C)Cc1ccc(-c2cccc(CC(=O)C3(c4ccc5c(c4)OCO5)CC3)n2)cc1.CCNS(=O)(=O)c1ccc(-c2cccc(CC(=O)C3(c4ccc5c(c4)OCO5)CC3)n2)cc1.N#Cc1ccc(-c2ccc(CC(=O)C3(c4ccc5c(c4)OCO5)CC3)nc2)cc1.O=C(Cc1ccc(-c2ccc3c(c2)CCO3)cn1)C1(c2ccc3c(c2)OCO3)CC1.O=C(Nc1cncc(-c2ccccc2)n1)C1(c2ccc3c(c2)OCO3)CC1. The molecule has 0 atom stereocenters. The zero-order chi connectivity index (χ0) is 103. The Morgan fingerprint density at radius 1 is 0.353 bits per heavy atom. The van der Waals surface area contributed by atoms with Crippen molar-refractivity contribution in [1.82, 2.24) is 34.6 Å². The van der Waals surface area contributed by atoms with Crippen molar-refractivity contribution in [1.29, 1.82) is 5.26 Å². The number of ether oxygens (including phenoxy) is 11. The lowest BCUT2D eigenvalue weighted by molar-refractivity contribution is -0.121. The number of nitrogens with one attached hydrogen (secondary N) is 2. The van der Waals surface area contributed by atoms with Gasteiger partial charge in [-0.3, -0.25) is 48.9 Å². The van der Waals surface area contributed by atoms with E-state index in [-0.39, 0.29) is 74.3 Å². The summed E-state index contributed by atoms with van der Waals surface area (Å²) in [4.78, 5) is 93.3. The molecule has 5 fully saturated rings. The third kappa shape index (κ3) is 20.9. The van der Waals surface area contributed by atoms with Gasteiger partial charge in [-0.2, -0.15) is 5.26 Å². The molecule has 26 rings (SSSR count). The Labute approximate surface area is 868 Å². The zero-order valence-corrected chi connectivity index (χ0v) is 83.8. The van der Waals surface area contributed by atoms with E-state index in [0.717, 1.165) is 219 Å². The number of hydrogen-bond donors (Lipinski definition) is 2. The highest BCUT2D eigenvalue weighted by molar-refractivity contribution is 7.89. The molecule has 28 heteroatoms. The van der Waals surface area contributed by atoms with Gasteiger partial charge in [-0.1, -0.05) is 160 Å². The van der Waals surface area contributed by atoms with E-state index >= 15 is 0 Å². The van der Waals surface area contributed by atoms with Gasteiger partial charge in [0.2, 0.25) is 49.9 Å². The second kappa shape index (κ2) is 41.5. The number of amides is 1. The summed E-state index contributed by atoms with van der Waals surface area (Å²) >= 11 is 0. The topological polar surface area (TPSA) is 346 Å². The molecule has 2 N–H and O–H groups in total. The van der Waals surface area contributed by atoms with Gasteiger partial charge in [0.15, 0.2) is 63.3 Å². The summed E-state index contributed by atoms with van der Waals surface area (Å²) in [5.41, 5.74) is 18.3. The van der Waals surface area contributed by atoms with Crippen LogP contribution in [0.1, 0.15) is 152 Å². The molecule has 0 radical (unpaired) electrons. The first-order chi connectivity index (χ1) is 73.1. The van der Waals surface area contributed by atoms with Crippen molar-refractivity contribution < 1.29 is 84.5 Å². The van der Waals surface area contributed by atoms with E-state index in [1.54, 1.807) is 61.9 Å². The van der Waals surface area contributed by atoms with Crippen molar-refractivity contribution in [3.05, 3.63) is 365 Å². The number of fused-ring (bicyclic) bond motifs is 6. The van der Waals surface area contributed by atoms with Gasteiger partial charge in [0.05, 0.1) is 79.7 Å². The number of aromatic nitrogens is 6. The number of carbonyl (C=O) groups is 5. The summed E-state index contributed by atoms with van der Waals surface area (Å²) in [5.74, 6) is 9.99. The summed E-state index contributed by atoms with van der Waals surface area (Å²) in [5, 5.41) is 11.8. The van der Waals surface area contributed by atoms with Crippen LogP contribution in [0.5, 0.6) is 63.2 Å². The predicted molar refractivity (Wildman–Crippen MR) is 560 cm³/mol. The number of anilines is 1. The maximum atomic E-state index is 13.3. The predicted octanol–water partition coefficient (Wildman–Crippen LogP) is 21.1. The van der Waals surface area contributed by atoms with Gasteiger partial charge in [0.1, 0.15) is 28.9 Å². The fourth-order valence-electron chi connectivity index (χ4n) is 20.2. The number of nitrogens with zero attached hydrogens (tertiary/aromatic N) is 7. The maximum absolute atomic E-state index is 13.3. The first kappa shape index (κ1) is 97.9. The molecule has 11 aliphatic rings. The lowest BCUT2D eigenvalue weighted by Crippen LogP contribution is -2.28. The number of Topliss-reactive ketones (excluding diaryl/α,β-unsaturated/α-hetero) is 4. The van der Waals surface area contributed by atoms with Crippen LogP contribution in [0.4, 0.5) is 5.82 Å². The molecule has 6 aliphatic heterocycles. The molecule has 1 amide bonds. The number of ketones is 4. The number of pyridine rings is 4. The third-order valence-corrected chi connectivity index (χ3v) is 31.1. The number of sulfonamides is 1. The van der Waals surface area contributed by atoms with Gasteiger partial charge in [-0.25, -0.2) is 18.1 Å². The molecule has 754 valence electrons. The standard InChI is InChI=1S/C27H27NO3.C25H24N2O5S.C25H21NO4.C24H18N2O3.C21H17N3O3/c1-18(2)14-19-6-8-20(9-7-19)23-5-3-4-22(28-23)16-26(29)27(12-13-27)21-10-11-24-25(15-21)31-17-30-24;1-2-26-33(29,30)20-9-6-17(7-10-20)21-5-3-4-19(27-21)15-24(28)25(12-13-25)18-8-11-22-23(14-18)32-16-31-22;27-24(25(8-9-25)19-3-6-22-23(12-19)30-15-29-22)13-20-4-1-18(14-26-20)16-2-5-21-17(11-16)7-10-28-21;25-13-16-1-3-17(4-2-16)18-5-7-20(26-14-18)12-23(27)24(9-10-24)19-6-8-21-22(11-19)29-15-28-21;25-20(21(8-9-21)15-6-7-17-18(10-15)27-13-26-17)24-19-12-22-11-16(23-19)14-4-2-1-3-5-14/h3-11,15,18H,12-14,16-17H2,1-2H3;3-11,14,26H,2,12-13,15-16H2,1H3;1-6,11-12,14H,7-10,13,15H2;1-8,11,14H,9-10,12,15H2;1-7,10-12H,8-9,13H2,(H,23,24,25). The number of nitriles is 1. The summed E-state index contributed by atoms with van der Waals surface area (Å²) in [7, 11) is -3.50. The van der Waals surface area contributed by atoms with E-state index in [1.807, 2.05) is 206 Å². The number of rotatable bonds is 29. The van der Waals surface area contributed by atoms with Gasteiger partial charge in [0, 0.05) is 102 Å². The molecule has 15 aromatic rings. The summed E-state index contributed by atoms with van der Waals surface area (Å²) in [6.45, 7) is 8.42. The molecule has 150 heavy (non-hydrogen) atoms. The fraction of sp³-hybridized carbons (Fsp3) is 0.262. The van der Waals surface area contributed by atoms with Crippen molar-refractivity contribution in [2.75, 3.05) is 52.4 Å². The minimum Gasteiger partial charge on any atom is -0.493 e. The molecule has 5 saturated carbocycles. The molecule has 11 heterocycles. The lowest BCUT2D eigenvalue weighted by atomic mass is 9.88. The Hall–Kier alpha value is -16.8. The molecular weight excluding hydrogens is 1910 g/mol. The number of hydrogen-bond acceptors (Lipinski definition) is 25. The zero-order valence-electron chi connectivity index (χ0n) is 83.0. The maximum Gasteiger partial charge on any atom is 0.240 e. The Kier molecular flexibility index (Phi) is 27.1.